The molecule has 0 aromatic carbocycles. The van der Waals surface area contributed by atoms with Crippen LogP contribution in [0.25, 0.3) is 16.8 Å². The van der Waals surface area contributed by atoms with Gasteiger partial charge in [-0.15, -0.1) is 5.10 Å². The molecule has 9 nitrogen and oxygen atoms in total. The van der Waals surface area contributed by atoms with E-state index in [1.54, 1.807) is 10.7 Å². The minimum atomic E-state index is 0.0180. The SMILES string of the molecule is c1n[nH]cc1-c1ccc2nc(NC3CCCNC3)nn2c1O[C@H]1CCOC1. The van der Waals surface area contributed by atoms with Crippen LogP contribution in [0.4, 0.5) is 5.95 Å². The third-order valence-corrected chi connectivity index (χ3v) is 5.06. The lowest BCUT2D eigenvalue weighted by Crippen LogP contribution is -2.38. The number of nitrogens with zero attached hydrogens (tertiary/aromatic N) is 4. The Bertz CT molecular complexity index is 896. The van der Waals surface area contributed by atoms with E-state index in [9.17, 15) is 0 Å². The van der Waals surface area contributed by atoms with E-state index in [1.165, 1.54) is 0 Å². The first kappa shape index (κ1) is 16.5. The Morgan fingerprint density at radius 2 is 2.30 bits per heavy atom. The van der Waals surface area contributed by atoms with Crippen molar-refractivity contribution in [3.8, 4) is 17.0 Å². The fourth-order valence-corrected chi connectivity index (χ4v) is 3.64. The van der Waals surface area contributed by atoms with Crippen molar-refractivity contribution in [3.05, 3.63) is 24.5 Å². The van der Waals surface area contributed by atoms with E-state index in [2.05, 4.69) is 30.9 Å². The number of aromatic nitrogens is 5. The van der Waals surface area contributed by atoms with Gasteiger partial charge in [0.05, 0.1) is 19.4 Å². The van der Waals surface area contributed by atoms with Crippen molar-refractivity contribution >= 4 is 11.6 Å². The van der Waals surface area contributed by atoms with Crippen LogP contribution in [0.1, 0.15) is 19.3 Å². The second kappa shape index (κ2) is 7.16. The van der Waals surface area contributed by atoms with E-state index in [1.807, 2.05) is 18.3 Å². The number of nitrogens with one attached hydrogen (secondary N) is 3. The van der Waals surface area contributed by atoms with Crippen molar-refractivity contribution in [3.63, 3.8) is 0 Å². The monoisotopic (exact) mass is 369 g/mol. The summed E-state index contributed by atoms with van der Waals surface area (Å²) in [5.41, 5.74) is 2.63. The van der Waals surface area contributed by atoms with Crippen LogP contribution < -0.4 is 15.4 Å². The van der Waals surface area contributed by atoms with E-state index in [4.69, 9.17) is 9.47 Å². The first-order valence-electron chi connectivity index (χ1n) is 9.47. The Morgan fingerprint density at radius 3 is 3.07 bits per heavy atom. The maximum absolute atomic E-state index is 6.30. The number of anilines is 1. The quantitative estimate of drug-likeness (QED) is 0.626. The van der Waals surface area contributed by atoms with Crippen LogP contribution in [0.5, 0.6) is 5.88 Å². The second-order valence-electron chi connectivity index (χ2n) is 7.04. The maximum atomic E-state index is 6.30. The van der Waals surface area contributed by atoms with Crippen LogP contribution in [0, 0.1) is 0 Å². The van der Waals surface area contributed by atoms with E-state index in [0.717, 1.165) is 55.7 Å². The summed E-state index contributed by atoms with van der Waals surface area (Å²) in [6, 6.07) is 4.31. The van der Waals surface area contributed by atoms with Gasteiger partial charge in [-0.3, -0.25) is 5.10 Å². The van der Waals surface area contributed by atoms with Crippen LogP contribution >= 0.6 is 0 Å². The van der Waals surface area contributed by atoms with Gasteiger partial charge in [-0.25, -0.2) is 0 Å². The van der Waals surface area contributed by atoms with Crippen molar-refractivity contribution in [1.82, 2.24) is 30.1 Å². The summed E-state index contributed by atoms with van der Waals surface area (Å²) in [6.45, 7) is 3.32. The molecule has 2 aliphatic rings. The van der Waals surface area contributed by atoms with E-state index < -0.39 is 0 Å². The van der Waals surface area contributed by atoms with Gasteiger partial charge in [-0.2, -0.15) is 14.6 Å². The standard InChI is InChI=1S/C18H23N7O2/c1-2-13(10-19-6-1)22-18-23-16-4-3-15(12-8-20-21-9-12)17(25(16)24-18)27-14-5-7-26-11-14/h3-4,8-9,13-14,19H,1-2,5-7,10-11H2,(H,20,21)(H,22,24)/t13?,14-/m0/s1. The van der Waals surface area contributed by atoms with Gasteiger partial charge in [0.25, 0.3) is 0 Å². The highest BCUT2D eigenvalue weighted by molar-refractivity contribution is 5.70. The van der Waals surface area contributed by atoms with Crippen molar-refractivity contribution in [2.24, 2.45) is 0 Å². The average Bonchev–Trinajstić information content (AvgIpc) is 3.44. The highest BCUT2D eigenvalue weighted by atomic mass is 16.6. The highest BCUT2D eigenvalue weighted by Crippen LogP contribution is 2.32. The van der Waals surface area contributed by atoms with Gasteiger partial charge in [0.2, 0.25) is 11.8 Å². The molecule has 0 aliphatic carbocycles. The first-order chi connectivity index (χ1) is 13.4. The Hall–Kier alpha value is -2.65. The molecule has 3 N–H and O–H groups in total. The Balaban J connectivity index is 1.51. The normalized spacial score (nSPS) is 23.0. The van der Waals surface area contributed by atoms with E-state index in [-0.39, 0.29) is 6.10 Å². The molecule has 2 atom stereocenters. The van der Waals surface area contributed by atoms with Gasteiger partial charge >= 0.3 is 0 Å². The van der Waals surface area contributed by atoms with Gasteiger partial charge in [0.15, 0.2) is 5.65 Å². The molecule has 3 aromatic rings. The molecule has 2 saturated heterocycles. The largest absolute Gasteiger partial charge is 0.471 e. The number of rotatable bonds is 5. The molecule has 3 aromatic heterocycles. The number of pyridine rings is 1. The Kier molecular flexibility index (Phi) is 4.38. The molecular weight excluding hydrogens is 346 g/mol. The number of H-pyrrole nitrogens is 1. The summed E-state index contributed by atoms with van der Waals surface area (Å²) in [7, 11) is 0. The molecule has 2 aliphatic heterocycles. The molecule has 1 unspecified atom stereocenters. The zero-order valence-electron chi connectivity index (χ0n) is 15.0. The van der Waals surface area contributed by atoms with Crippen molar-refractivity contribution in [2.75, 3.05) is 31.6 Å². The van der Waals surface area contributed by atoms with Crippen molar-refractivity contribution in [1.29, 1.82) is 0 Å². The van der Waals surface area contributed by atoms with Crippen LogP contribution in [-0.4, -0.2) is 63.2 Å². The molecule has 9 heteroatoms. The van der Waals surface area contributed by atoms with Crippen LogP contribution in [0.2, 0.25) is 0 Å². The molecule has 0 radical (unpaired) electrons. The van der Waals surface area contributed by atoms with Gasteiger partial charge < -0.3 is 20.1 Å². The van der Waals surface area contributed by atoms with Gasteiger partial charge in [-0.05, 0) is 31.5 Å². The van der Waals surface area contributed by atoms with Crippen molar-refractivity contribution < 1.29 is 9.47 Å². The fraction of sp³-hybridized carbons (Fsp3) is 0.500. The molecule has 0 spiro atoms. The van der Waals surface area contributed by atoms with Crippen LogP contribution in [0.3, 0.4) is 0 Å². The van der Waals surface area contributed by atoms with E-state index >= 15 is 0 Å². The summed E-state index contributed by atoms with van der Waals surface area (Å²) >= 11 is 0. The molecule has 5 rings (SSSR count). The Morgan fingerprint density at radius 1 is 1.30 bits per heavy atom. The van der Waals surface area contributed by atoms with Gasteiger partial charge in [0.1, 0.15) is 6.10 Å². The predicted octanol–water partition coefficient (Wildman–Crippen LogP) is 1.45. The fourth-order valence-electron chi connectivity index (χ4n) is 3.64. The average molecular weight is 369 g/mol. The van der Waals surface area contributed by atoms with Crippen LogP contribution in [-0.2, 0) is 4.74 Å². The van der Waals surface area contributed by atoms with Crippen molar-refractivity contribution in [2.45, 2.75) is 31.4 Å². The second-order valence-corrected chi connectivity index (χ2v) is 7.04. The molecule has 27 heavy (non-hydrogen) atoms. The van der Waals surface area contributed by atoms with E-state index in [0.29, 0.717) is 24.5 Å². The number of ether oxygens (including phenoxy) is 2. The molecule has 142 valence electrons. The lowest BCUT2D eigenvalue weighted by Gasteiger charge is -2.22. The molecule has 0 saturated carbocycles. The number of hydrogen-bond donors (Lipinski definition) is 3. The number of hydrogen-bond acceptors (Lipinski definition) is 7. The lowest BCUT2D eigenvalue weighted by atomic mass is 10.1. The summed E-state index contributed by atoms with van der Waals surface area (Å²) in [5.74, 6) is 1.30. The molecular formula is C18H23N7O2. The summed E-state index contributed by atoms with van der Waals surface area (Å²) in [5, 5.41) is 18.5. The molecule has 0 amide bonds. The zero-order valence-corrected chi connectivity index (χ0v) is 15.0. The molecule has 0 bridgehead atoms. The summed E-state index contributed by atoms with van der Waals surface area (Å²) < 4.78 is 13.5. The number of fused-ring (bicyclic) bond motifs is 1. The number of piperidine rings is 1. The predicted molar refractivity (Wildman–Crippen MR) is 99.9 cm³/mol. The summed E-state index contributed by atoms with van der Waals surface area (Å²) in [4.78, 5) is 4.64. The minimum Gasteiger partial charge on any atom is -0.471 e. The third-order valence-electron chi connectivity index (χ3n) is 5.06. The third kappa shape index (κ3) is 3.35. The molecule has 5 heterocycles. The van der Waals surface area contributed by atoms with Gasteiger partial charge in [0, 0.05) is 36.3 Å². The lowest BCUT2D eigenvalue weighted by molar-refractivity contribution is 0.136. The zero-order chi connectivity index (χ0) is 18.1. The van der Waals surface area contributed by atoms with Gasteiger partial charge in [-0.1, -0.05) is 0 Å². The topological polar surface area (TPSA) is 101 Å². The number of aromatic amines is 1. The summed E-state index contributed by atoms with van der Waals surface area (Å²) in [6.07, 6.45) is 6.79. The first-order valence-corrected chi connectivity index (χ1v) is 9.47. The highest BCUT2D eigenvalue weighted by Gasteiger charge is 2.23. The smallest absolute Gasteiger partial charge is 0.243 e. The maximum Gasteiger partial charge on any atom is 0.243 e. The minimum absolute atomic E-state index is 0.0180. The van der Waals surface area contributed by atoms with Crippen LogP contribution in [0.15, 0.2) is 24.5 Å². The Labute approximate surface area is 156 Å². The molecule has 2 fully saturated rings.